The Labute approximate surface area is 109 Å². The maximum absolute atomic E-state index is 13.7. The highest BCUT2D eigenvalue weighted by atomic mass is 19.1. The molecule has 0 spiro atoms. The first-order valence-corrected chi connectivity index (χ1v) is 5.76. The molecule has 0 saturated carbocycles. The normalized spacial score (nSPS) is 10.1. The van der Waals surface area contributed by atoms with Crippen LogP contribution in [0.1, 0.15) is 13.3 Å². The number of nitro groups is 1. The third-order valence-corrected chi connectivity index (χ3v) is 2.51. The predicted octanol–water partition coefficient (Wildman–Crippen LogP) is 2.12. The van der Waals surface area contributed by atoms with Crippen molar-refractivity contribution >= 4 is 17.3 Å². The van der Waals surface area contributed by atoms with Crippen molar-refractivity contribution in [2.75, 3.05) is 25.1 Å². The van der Waals surface area contributed by atoms with E-state index in [1.807, 2.05) is 0 Å². The molecule has 1 rings (SSSR count). The van der Waals surface area contributed by atoms with Gasteiger partial charge in [0.15, 0.2) is 5.82 Å². The molecule has 19 heavy (non-hydrogen) atoms. The Bertz CT molecular complexity index is 479. The van der Waals surface area contributed by atoms with Gasteiger partial charge < -0.3 is 9.64 Å². The molecular formula is C12H15FN2O4. The van der Waals surface area contributed by atoms with Crippen molar-refractivity contribution in [1.82, 2.24) is 0 Å². The van der Waals surface area contributed by atoms with Crippen molar-refractivity contribution < 1.29 is 18.8 Å². The van der Waals surface area contributed by atoms with E-state index >= 15 is 0 Å². The number of hydrogen-bond donors (Lipinski definition) is 0. The first kappa shape index (κ1) is 14.9. The Balaban J connectivity index is 2.69. The average molecular weight is 270 g/mol. The van der Waals surface area contributed by atoms with E-state index in [2.05, 4.69) is 0 Å². The molecule has 0 N–H and O–H groups in total. The molecule has 0 unspecified atom stereocenters. The number of esters is 1. The van der Waals surface area contributed by atoms with E-state index in [9.17, 15) is 19.3 Å². The van der Waals surface area contributed by atoms with Gasteiger partial charge in [0.1, 0.15) is 0 Å². The van der Waals surface area contributed by atoms with Gasteiger partial charge in [0.05, 0.1) is 29.7 Å². The molecule has 104 valence electrons. The van der Waals surface area contributed by atoms with Gasteiger partial charge in [0.25, 0.3) is 5.69 Å². The number of ether oxygens (including phenoxy) is 1. The van der Waals surface area contributed by atoms with Crippen molar-refractivity contribution in [3.63, 3.8) is 0 Å². The molecule has 0 aliphatic heterocycles. The third-order valence-electron chi connectivity index (χ3n) is 2.51. The zero-order valence-corrected chi connectivity index (χ0v) is 10.8. The first-order valence-electron chi connectivity index (χ1n) is 5.76. The summed E-state index contributed by atoms with van der Waals surface area (Å²) in [5, 5.41) is 10.5. The molecule has 0 saturated heterocycles. The highest BCUT2D eigenvalue weighted by Gasteiger charge is 2.14. The minimum absolute atomic E-state index is 0.126. The number of nitrogens with zero attached hydrogens (tertiary/aromatic N) is 2. The van der Waals surface area contributed by atoms with Crippen LogP contribution >= 0.6 is 0 Å². The number of carbonyl (C=O) groups is 1. The van der Waals surface area contributed by atoms with Crippen LogP contribution in [-0.4, -0.2) is 31.1 Å². The van der Waals surface area contributed by atoms with Crippen LogP contribution in [0, 0.1) is 15.9 Å². The molecule has 6 nitrogen and oxygen atoms in total. The van der Waals surface area contributed by atoms with Gasteiger partial charge in [0.2, 0.25) is 0 Å². The maximum atomic E-state index is 13.7. The molecule has 0 heterocycles. The molecule has 0 aliphatic carbocycles. The fourth-order valence-electron chi connectivity index (χ4n) is 1.53. The van der Waals surface area contributed by atoms with Gasteiger partial charge in [0, 0.05) is 19.7 Å². The highest BCUT2D eigenvalue weighted by Crippen LogP contribution is 2.23. The maximum Gasteiger partial charge on any atom is 0.307 e. The van der Waals surface area contributed by atoms with Crippen LogP contribution in [0.3, 0.4) is 0 Å². The number of carbonyl (C=O) groups excluding carboxylic acids is 1. The second kappa shape index (κ2) is 6.67. The predicted molar refractivity (Wildman–Crippen MR) is 67.6 cm³/mol. The van der Waals surface area contributed by atoms with Gasteiger partial charge >= 0.3 is 5.97 Å². The summed E-state index contributed by atoms with van der Waals surface area (Å²) < 4.78 is 18.4. The molecular weight excluding hydrogens is 255 g/mol. The molecule has 0 atom stereocenters. The lowest BCUT2D eigenvalue weighted by Crippen LogP contribution is -2.23. The first-order chi connectivity index (χ1) is 8.95. The molecule has 0 aliphatic rings. The number of rotatable bonds is 6. The minimum atomic E-state index is -0.694. The summed E-state index contributed by atoms with van der Waals surface area (Å²) in [6, 6.07) is 3.40. The summed E-state index contributed by atoms with van der Waals surface area (Å²) >= 11 is 0. The van der Waals surface area contributed by atoms with Gasteiger partial charge in [-0.25, -0.2) is 4.39 Å². The lowest BCUT2D eigenvalue weighted by molar-refractivity contribution is -0.385. The van der Waals surface area contributed by atoms with Crippen LogP contribution in [0.2, 0.25) is 0 Å². The van der Waals surface area contributed by atoms with E-state index in [1.54, 1.807) is 14.0 Å². The van der Waals surface area contributed by atoms with E-state index in [4.69, 9.17) is 4.74 Å². The third kappa shape index (κ3) is 4.20. The van der Waals surface area contributed by atoms with Crippen LogP contribution in [0.5, 0.6) is 0 Å². The van der Waals surface area contributed by atoms with E-state index in [0.29, 0.717) is 6.61 Å². The molecule has 0 fully saturated rings. The molecule has 0 radical (unpaired) electrons. The van der Waals surface area contributed by atoms with E-state index in [0.717, 1.165) is 6.07 Å². The summed E-state index contributed by atoms with van der Waals surface area (Å²) in [5.74, 6) is -1.06. The van der Waals surface area contributed by atoms with E-state index in [1.165, 1.54) is 17.0 Å². The zero-order chi connectivity index (χ0) is 14.4. The van der Waals surface area contributed by atoms with Gasteiger partial charge in [-0.3, -0.25) is 14.9 Å². The smallest absolute Gasteiger partial charge is 0.307 e. The second-order valence-electron chi connectivity index (χ2n) is 3.87. The monoisotopic (exact) mass is 270 g/mol. The highest BCUT2D eigenvalue weighted by molar-refractivity contribution is 5.70. The largest absolute Gasteiger partial charge is 0.466 e. The van der Waals surface area contributed by atoms with Crippen molar-refractivity contribution in [2.45, 2.75) is 13.3 Å². The lowest BCUT2D eigenvalue weighted by atomic mass is 10.2. The molecule has 0 amide bonds. The average Bonchev–Trinajstić information content (AvgIpc) is 2.36. The summed E-state index contributed by atoms with van der Waals surface area (Å²) in [6.45, 7) is 2.28. The molecule has 1 aromatic rings. The van der Waals surface area contributed by atoms with Crippen molar-refractivity contribution in [1.29, 1.82) is 0 Å². The number of hydrogen-bond acceptors (Lipinski definition) is 5. The Morgan fingerprint density at radius 3 is 2.74 bits per heavy atom. The van der Waals surface area contributed by atoms with E-state index < -0.39 is 10.7 Å². The molecule has 0 aromatic heterocycles. The Morgan fingerprint density at radius 1 is 1.53 bits per heavy atom. The number of non-ortho nitro benzene ring substituents is 1. The summed E-state index contributed by atoms with van der Waals surface area (Å²) in [6.07, 6.45) is 0.126. The summed E-state index contributed by atoms with van der Waals surface area (Å²) in [5.41, 5.74) is -0.102. The van der Waals surface area contributed by atoms with Gasteiger partial charge in [-0.2, -0.15) is 0 Å². The molecule has 7 heteroatoms. The number of benzene rings is 1. The Morgan fingerprint density at radius 2 is 2.21 bits per heavy atom. The number of nitro benzene ring substituents is 1. The van der Waals surface area contributed by atoms with Gasteiger partial charge in [-0.1, -0.05) is 0 Å². The van der Waals surface area contributed by atoms with Crippen molar-refractivity contribution in [3.05, 3.63) is 34.1 Å². The number of halogens is 1. The molecule has 0 bridgehead atoms. The lowest BCUT2D eigenvalue weighted by Gasteiger charge is -2.19. The Kier molecular flexibility index (Phi) is 5.23. The topological polar surface area (TPSA) is 72.7 Å². The second-order valence-corrected chi connectivity index (χ2v) is 3.87. The van der Waals surface area contributed by atoms with Gasteiger partial charge in [-0.15, -0.1) is 0 Å². The van der Waals surface area contributed by atoms with Crippen LogP contribution in [-0.2, 0) is 9.53 Å². The zero-order valence-electron chi connectivity index (χ0n) is 10.8. The van der Waals surface area contributed by atoms with Crippen molar-refractivity contribution in [3.8, 4) is 0 Å². The van der Waals surface area contributed by atoms with Crippen LogP contribution in [0.25, 0.3) is 0 Å². The van der Waals surface area contributed by atoms with Crippen molar-refractivity contribution in [2.24, 2.45) is 0 Å². The summed E-state index contributed by atoms with van der Waals surface area (Å²) in [7, 11) is 1.60. The fraction of sp³-hybridized carbons (Fsp3) is 0.417. The van der Waals surface area contributed by atoms with Crippen LogP contribution in [0.4, 0.5) is 15.8 Å². The standard InChI is InChI=1S/C12H15FN2O4/c1-3-19-12(16)6-7-14(2)11-5-4-9(15(17)18)8-10(11)13/h4-5,8H,3,6-7H2,1-2H3. The SMILES string of the molecule is CCOC(=O)CCN(C)c1ccc([N+](=O)[O-])cc1F. The summed E-state index contributed by atoms with van der Waals surface area (Å²) in [4.78, 5) is 22.5. The fourth-order valence-corrected chi connectivity index (χ4v) is 1.53. The quantitative estimate of drug-likeness (QED) is 0.450. The Hall–Kier alpha value is -2.18. The molecule has 1 aromatic carbocycles. The minimum Gasteiger partial charge on any atom is -0.466 e. The number of anilines is 1. The van der Waals surface area contributed by atoms with E-state index in [-0.39, 0.29) is 30.3 Å². The van der Waals surface area contributed by atoms with Gasteiger partial charge in [-0.05, 0) is 13.0 Å². The van der Waals surface area contributed by atoms with Crippen LogP contribution in [0.15, 0.2) is 18.2 Å². The van der Waals surface area contributed by atoms with Crippen LogP contribution < -0.4 is 4.90 Å².